The summed E-state index contributed by atoms with van der Waals surface area (Å²) in [6.45, 7) is 1.62. The Morgan fingerprint density at radius 2 is 2.06 bits per heavy atom. The van der Waals surface area contributed by atoms with E-state index in [-0.39, 0.29) is 11.6 Å². The Morgan fingerprint density at radius 1 is 1.41 bits per heavy atom. The minimum Gasteiger partial charge on any atom is -0.397 e. The highest BCUT2D eigenvalue weighted by Gasteiger charge is 2.18. The lowest BCUT2D eigenvalue weighted by Crippen LogP contribution is -2.44. The smallest absolute Gasteiger partial charge is 0.270 e. The number of anilines is 1. The number of nitrogens with zero attached hydrogens (tertiary/aromatic N) is 2. The topological polar surface area (TPSA) is 88.3 Å². The van der Waals surface area contributed by atoms with Crippen molar-refractivity contribution in [2.45, 2.75) is 13.0 Å². The van der Waals surface area contributed by atoms with Crippen molar-refractivity contribution >= 4 is 17.5 Å². The van der Waals surface area contributed by atoms with Gasteiger partial charge in [-0.3, -0.25) is 9.59 Å². The third-order valence-electron chi connectivity index (χ3n) is 2.18. The Labute approximate surface area is 99.8 Å². The second kappa shape index (κ2) is 5.29. The average molecular weight is 236 g/mol. The van der Waals surface area contributed by atoms with Crippen LogP contribution in [-0.2, 0) is 4.79 Å². The molecule has 0 aliphatic carbocycles. The molecule has 1 atom stereocenters. The van der Waals surface area contributed by atoms with Gasteiger partial charge in [0.25, 0.3) is 5.91 Å². The van der Waals surface area contributed by atoms with E-state index in [0.29, 0.717) is 5.69 Å². The third kappa shape index (κ3) is 3.44. The first-order valence-electron chi connectivity index (χ1n) is 5.15. The van der Waals surface area contributed by atoms with E-state index in [1.54, 1.807) is 27.1 Å². The fraction of sp³-hybridized carbons (Fsp3) is 0.364. The Kier molecular flexibility index (Phi) is 4.03. The fourth-order valence-electron chi connectivity index (χ4n) is 1.26. The molecule has 2 amide bonds. The van der Waals surface area contributed by atoms with Crippen molar-refractivity contribution in [2.24, 2.45) is 0 Å². The number of hydrogen-bond donors (Lipinski definition) is 2. The first-order valence-corrected chi connectivity index (χ1v) is 5.15. The van der Waals surface area contributed by atoms with E-state index in [4.69, 9.17) is 5.73 Å². The molecule has 6 nitrogen and oxygen atoms in total. The molecule has 0 aliphatic rings. The maximum absolute atomic E-state index is 11.7. The largest absolute Gasteiger partial charge is 0.397 e. The number of nitrogens with one attached hydrogen (secondary N) is 1. The quantitative estimate of drug-likeness (QED) is 0.765. The van der Waals surface area contributed by atoms with Crippen LogP contribution in [0.3, 0.4) is 0 Å². The summed E-state index contributed by atoms with van der Waals surface area (Å²) in [4.78, 5) is 28.5. The number of amides is 2. The van der Waals surface area contributed by atoms with E-state index in [1.165, 1.54) is 17.2 Å². The van der Waals surface area contributed by atoms with Crippen molar-refractivity contribution in [3.05, 3.63) is 24.0 Å². The molecule has 1 aromatic heterocycles. The molecular weight excluding hydrogens is 220 g/mol. The maximum atomic E-state index is 11.7. The molecule has 0 fully saturated rings. The summed E-state index contributed by atoms with van der Waals surface area (Å²) in [6.07, 6.45) is 1.40. The summed E-state index contributed by atoms with van der Waals surface area (Å²) in [7, 11) is 3.26. The molecule has 0 aliphatic heterocycles. The van der Waals surface area contributed by atoms with E-state index in [0.717, 1.165) is 0 Å². The van der Waals surface area contributed by atoms with Crippen LogP contribution >= 0.6 is 0 Å². The number of pyridine rings is 1. The monoisotopic (exact) mass is 236 g/mol. The van der Waals surface area contributed by atoms with E-state index in [2.05, 4.69) is 10.3 Å². The molecule has 0 saturated carbocycles. The minimum atomic E-state index is -0.586. The van der Waals surface area contributed by atoms with Crippen molar-refractivity contribution in [1.82, 2.24) is 15.2 Å². The summed E-state index contributed by atoms with van der Waals surface area (Å²) in [6, 6.07) is 2.51. The molecule has 92 valence electrons. The highest BCUT2D eigenvalue weighted by atomic mass is 16.2. The lowest BCUT2D eigenvalue weighted by Gasteiger charge is -2.17. The predicted octanol–water partition coefficient (Wildman–Crippen LogP) is -0.130. The Hall–Kier alpha value is -2.11. The molecular formula is C11H16N4O2. The zero-order valence-electron chi connectivity index (χ0n) is 10.1. The van der Waals surface area contributed by atoms with Gasteiger partial charge in [-0.2, -0.15) is 0 Å². The van der Waals surface area contributed by atoms with Crippen LogP contribution in [0.4, 0.5) is 5.69 Å². The average Bonchev–Trinajstić information content (AvgIpc) is 2.28. The summed E-state index contributed by atoms with van der Waals surface area (Å²) >= 11 is 0. The van der Waals surface area contributed by atoms with Crippen molar-refractivity contribution in [3.63, 3.8) is 0 Å². The van der Waals surface area contributed by atoms with Crippen molar-refractivity contribution in [2.75, 3.05) is 19.8 Å². The van der Waals surface area contributed by atoms with Crippen LogP contribution in [-0.4, -0.2) is 41.8 Å². The van der Waals surface area contributed by atoms with Crippen LogP contribution in [0.5, 0.6) is 0 Å². The van der Waals surface area contributed by atoms with E-state index >= 15 is 0 Å². The van der Waals surface area contributed by atoms with Gasteiger partial charge in [-0.05, 0) is 19.1 Å². The summed E-state index contributed by atoms with van der Waals surface area (Å²) < 4.78 is 0. The van der Waals surface area contributed by atoms with Crippen LogP contribution in [0.25, 0.3) is 0 Å². The molecule has 3 N–H and O–H groups in total. The number of hydrogen-bond acceptors (Lipinski definition) is 4. The molecule has 0 aromatic carbocycles. The standard InChI is InChI=1S/C11H16N4O2/c1-7(11(17)15(2)3)14-10(16)9-5-4-8(12)6-13-9/h4-7H,12H2,1-3H3,(H,14,16). The summed E-state index contributed by atoms with van der Waals surface area (Å²) in [5.74, 6) is -0.568. The maximum Gasteiger partial charge on any atom is 0.270 e. The molecule has 0 saturated heterocycles. The lowest BCUT2D eigenvalue weighted by molar-refractivity contribution is -0.130. The van der Waals surface area contributed by atoms with Crippen LogP contribution in [0.1, 0.15) is 17.4 Å². The molecule has 1 aromatic rings. The predicted molar refractivity (Wildman–Crippen MR) is 64.3 cm³/mol. The number of nitrogen functional groups attached to an aromatic ring is 1. The van der Waals surface area contributed by atoms with Crippen molar-refractivity contribution in [3.8, 4) is 0 Å². The van der Waals surface area contributed by atoms with Crippen LogP contribution in [0, 0.1) is 0 Å². The van der Waals surface area contributed by atoms with Gasteiger partial charge in [0.05, 0.1) is 11.9 Å². The fourth-order valence-corrected chi connectivity index (χ4v) is 1.26. The van der Waals surface area contributed by atoms with Crippen LogP contribution < -0.4 is 11.1 Å². The second-order valence-electron chi connectivity index (χ2n) is 3.90. The van der Waals surface area contributed by atoms with Crippen LogP contribution in [0.15, 0.2) is 18.3 Å². The first-order chi connectivity index (χ1) is 7.91. The second-order valence-corrected chi connectivity index (χ2v) is 3.90. The van der Waals surface area contributed by atoms with Crippen LogP contribution in [0.2, 0.25) is 0 Å². The SMILES string of the molecule is CC(NC(=O)c1ccc(N)cn1)C(=O)N(C)C. The third-order valence-corrected chi connectivity index (χ3v) is 2.18. The van der Waals surface area contributed by atoms with Gasteiger partial charge < -0.3 is 16.0 Å². The van der Waals surface area contributed by atoms with Crippen molar-refractivity contribution < 1.29 is 9.59 Å². The van der Waals surface area contributed by atoms with Crippen molar-refractivity contribution in [1.29, 1.82) is 0 Å². The Bertz CT molecular complexity index is 414. The highest BCUT2D eigenvalue weighted by Crippen LogP contribution is 2.01. The highest BCUT2D eigenvalue weighted by molar-refractivity contribution is 5.95. The molecule has 0 bridgehead atoms. The molecule has 17 heavy (non-hydrogen) atoms. The van der Waals surface area contributed by atoms with Gasteiger partial charge in [0.15, 0.2) is 0 Å². The summed E-state index contributed by atoms with van der Waals surface area (Å²) in [5.41, 5.74) is 6.18. The molecule has 0 spiro atoms. The Morgan fingerprint density at radius 3 is 2.53 bits per heavy atom. The number of carbonyl (C=O) groups is 2. The number of likely N-dealkylation sites (N-methyl/N-ethyl adjacent to an activating group) is 1. The molecule has 1 heterocycles. The zero-order valence-corrected chi connectivity index (χ0v) is 10.1. The zero-order chi connectivity index (χ0) is 13.0. The van der Waals surface area contributed by atoms with E-state index in [9.17, 15) is 9.59 Å². The number of rotatable bonds is 3. The molecule has 1 unspecified atom stereocenters. The normalized spacial score (nSPS) is 11.7. The summed E-state index contributed by atoms with van der Waals surface area (Å²) in [5, 5.41) is 2.56. The van der Waals surface area contributed by atoms with E-state index in [1.807, 2.05) is 0 Å². The molecule has 0 radical (unpaired) electrons. The van der Waals surface area contributed by atoms with Gasteiger partial charge in [0.2, 0.25) is 5.91 Å². The van der Waals surface area contributed by atoms with E-state index < -0.39 is 11.9 Å². The molecule has 1 rings (SSSR count). The van der Waals surface area contributed by atoms with Gasteiger partial charge >= 0.3 is 0 Å². The number of carbonyl (C=O) groups excluding carboxylic acids is 2. The van der Waals surface area contributed by atoms with Gasteiger partial charge in [-0.15, -0.1) is 0 Å². The minimum absolute atomic E-state index is 0.172. The van der Waals surface area contributed by atoms with Gasteiger partial charge in [0, 0.05) is 14.1 Å². The molecule has 6 heteroatoms. The number of nitrogens with two attached hydrogens (primary N) is 1. The first kappa shape index (κ1) is 13.0. The van der Waals surface area contributed by atoms with Gasteiger partial charge in [0.1, 0.15) is 11.7 Å². The van der Waals surface area contributed by atoms with Gasteiger partial charge in [-0.1, -0.05) is 0 Å². The number of aromatic nitrogens is 1. The Balaban J connectivity index is 2.66. The lowest BCUT2D eigenvalue weighted by atomic mass is 10.2. The van der Waals surface area contributed by atoms with Gasteiger partial charge in [-0.25, -0.2) is 4.98 Å².